The van der Waals surface area contributed by atoms with Crippen LogP contribution in [-0.2, 0) is 4.79 Å². The fourth-order valence-corrected chi connectivity index (χ4v) is 1.28. The van der Waals surface area contributed by atoms with Crippen molar-refractivity contribution in [3.05, 3.63) is 0 Å². The topological polar surface area (TPSA) is 55.1 Å². The van der Waals surface area contributed by atoms with E-state index in [1.807, 2.05) is 20.8 Å². The highest BCUT2D eigenvalue weighted by molar-refractivity contribution is 5.82. The summed E-state index contributed by atoms with van der Waals surface area (Å²) in [5.41, 5.74) is 5.26. The molecular formula is C12H26N2O. The normalized spacial score (nSPS) is 14.1. The molecule has 15 heavy (non-hydrogen) atoms. The lowest BCUT2D eigenvalue weighted by atomic mass is 9.88. The predicted molar refractivity (Wildman–Crippen MR) is 64.5 cm³/mol. The monoisotopic (exact) mass is 214 g/mol. The molecule has 3 nitrogen and oxygen atoms in total. The van der Waals surface area contributed by atoms with Crippen molar-refractivity contribution in [2.45, 2.75) is 53.5 Å². The highest BCUT2D eigenvalue weighted by Crippen LogP contribution is 2.20. The molecular weight excluding hydrogens is 188 g/mol. The first-order valence-electron chi connectivity index (χ1n) is 5.86. The number of nitrogens with two attached hydrogens (primary N) is 1. The lowest BCUT2D eigenvalue weighted by Crippen LogP contribution is -2.45. The first kappa shape index (κ1) is 14.4. The molecule has 0 bridgehead atoms. The largest absolute Gasteiger partial charge is 0.353 e. The Morgan fingerprint density at radius 3 is 2.27 bits per heavy atom. The molecule has 0 aliphatic heterocycles. The van der Waals surface area contributed by atoms with Gasteiger partial charge in [-0.05, 0) is 25.3 Å². The van der Waals surface area contributed by atoms with E-state index in [9.17, 15) is 4.79 Å². The van der Waals surface area contributed by atoms with Crippen molar-refractivity contribution in [3.63, 3.8) is 0 Å². The van der Waals surface area contributed by atoms with Gasteiger partial charge in [0.05, 0.1) is 0 Å². The van der Waals surface area contributed by atoms with Crippen LogP contribution in [0, 0.1) is 11.3 Å². The quantitative estimate of drug-likeness (QED) is 0.709. The molecule has 0 spiro atoms. The highest BCUT2D eigenvalue weighted by Gasteiger charge is 2.27. The summed E-state index contributed by atoms with van der Waals surface area (Å²) in [6.45, 7) is 10.8. The Morgan fingerprint density at radius 2 is 1.93 bits per heavy atom. The van der Waals surface area contributed by atoms with Crippen LogP contribution in [0.5, 0.6) is 0 Å². The molecule has 0 saturated carbocycles. The van der Waals surface area contributed by atoms with Gasteiger partial charge in [0, 0.05) is 11.5 Å². The van der Waals surface area contributed by atoms with E-state index < -0.39 is 0 Å². The third kappa shape index (κ3) is 4.65. The fraction of sp³-hybridized carbons (Fsp3) is 0.917. The molecule has 0 fully saturated rings. The van der Waals surface area contributed by atoms with Crippen LogP contribution in [0.15, 0.2) is 0 Å². The Labute approximate surface area is 93.8 Å². The van der Waals surface area contributed by atoms with E-state index in [1.54, 1.807) is 0 Å². The van der Waals surface area contributed by atoms with E-state index in [4.69, 9.17) is 5.73 Å². The van der Waals surface area contributed by atoms with Crippen LogP contribution >= 0.6 is 0 Å². The standard InChI is InChI=1S/C12H26N2O/c1-6-12(4,5)11(15)14-10(7-8-13)9(2)3/h9-10H,6-8,13H2,1-5H3,(H,14,15). The molecule has 1 unspecified atom stereocenters. The predicted octanol–water partition coefficient (Wildman–Crippen LogP) is 1.91. The van der Waals surface area contributed by atoms with E-state index in [0.717, 1.165) is 12.8 Å². The number of carbonyl (C=O) groups excluding carboxylic acids is 1. The number of nitrogens with one attached hydrogen (secondary N) is 1. The van der Waals surface area contributed by atoms with Crippen LogP contribution in [0.4, 0.5) is 0 Å². The van der Waals surface area contributed by atoms with Crippen LogP contribution < -0.4 is 11.1 Å². The Bertz CT molecular complexity index is 200. The van der Waals surface area contributed by atoms with E-state index in [1.165, 1.54) is 0 Å². The van der Waals surface area contributed by atoms with Crippen LogP contribution in [0.3, 0.4) is 0 Å². The lowest BCUT2D eigenvalue weighted by Gasteiger charge is -2.28. The van der Waals surface area contributed by atoms with Crippen LogP contribution in [0.2, 0.25) is 0 Å². The smallest absolute Gasteiger partial charge is 0.225 e. The van der Waals surface area contributed by atoms with Crippen LogP contribution in [0.25, 0.3) is 0 Å². The lowest BCUT2D eigenvalue weighted by molar-refractivity contribution is -0.130. The summed E-state index contributed by atoms with van der Waals surface area (Å²) >= 11 is 0. The van der Waals surface area contributed by atoms with Gasteiger partial charge in [0.2, 0.25) is 5.91 Å². The molecule has 0 aromatic carbocycles. The number of amides is 1. The second kappa shape index (κ2) is 6.11. The maximum absolute atomic E-state index is 11.9. The Balaban J connectivity index is 4.35. The Morgan fingerprint density at radius 1 is 1.40 bits per heavy atom. The minimum absolute atomic E-state index is 0.136. The molecule has 0 aromatic rings. The average Bonchev–Trinajstić information content (AvgIpc) is 2.16. The summed E-state index contributed by atoms with van der Waals surface area (Å²) in [6, 6.07) is 0.202. The van der Waals surface area contributed by atoms with Gasteiger partial charge in [0.1, 0.15) is 0 Å². The fourth-order valence-electron chi connectivity index (χ4n) is 1.28. The van der Waals surface area contributed by atoms with Crippen molar-refractivity contribution in [2.75, 3.05) is 6.54 Å². The molecule has 0 rings (SSSR count). The molecule has 3 heteroatoms. The van der Waals surface area contributed by atoms with Gasteiger partial charge in [-0.3, -0.25) is 4.79 Å². The SMILES string of the molecule is CCC(C)(C)C(=O)NC(CCN)C(C)C. The molecule has 0 heterocycles. The second-order valence-corrected chi connectivity index (χ2v) is 5.14. The van der Waals surface area contributed by atoms with Gasteiger partial charge in [0.25, 0.3) is 0 Å². The van der Waals surface area contributed by atoms with Gasteiger partial charge < -0.3 is 11.1 Å². The first-order valence-corrected chi connectivity index (χ1v) is 5.86. The van der Waals surface area contributed by atoms with Gasteiger partial charge in [0.15, 0.2) is 0 Å². The van der Waals surface area contributed by atoms with E-state index in [0.29, 0.717) is 12.5 Å². The number of carbonyl (C=O) groups is 1. The molecule has 0 saturated heterocycles. The third-order valence-electron chi connectivity index (χ3n) is 3.10. The molecule has 0 aliphatic rings. The summed E-state index contributed by atoms with van der Waals surface area (Å²) in [6.07, 6.45) is 1.70. The Kier molecular flexibility index (Phi) is 5.88. The average molecular weight is 214 g/mol. The van der Waals surface area contributed by atoms with Gasteiger partial charge in [-0.1, -0.05) is 34.6 Å². The summed E-state index contributed by atoms with van der Waals surface area (Å²) < 4.78 is 0. The first-order chi connectivity index (χ1) is 6.85. The summed E-state index contributed by atoms with van der Waals surface area (Å²) in [4.78, 5) is 11.9. The van der Waals surface area contributed by atoms with Crippen LogP contribution in [-0.4, -0.2) is 18.5 Å². The van der Waals surface area contributed by atoms with E-state index in [2.05, 4.69) is 19.2 Å². The van der Waals surface area contributed by atoms with Crippen molar-refractivity contribution in [1.82, 2.24) is 5.32 Å². The van der Waals surface area contributed by atoms with Gasteiger partial charge in [-0.15, -0.1) is 0 Å². The maximum atomic E-state index is 11.9. The van der Waals surface area contributed by atoms with Crippen molar-refractivity contribution in [3.8, 4) is 0 Å². The molecule has 1 amide bonds. The van der Waals surface area contributed by atoms with E-state index >= 15 is 0 Å². The minimum Gasteiger partial charge on any atom is -0.353 e. The molecule has 90 valence electrons. The molecule has 0 aromatic heterocycles. The van der Waals surface area contributed by atoms with Crippen LogP contribution in [0.1, 0.15) is 47.5 Å². The zero-order chi connectivity index (χ0) is 12.1. The summed E-state index contributed by atoms with van der Waals surface area (Å²) in [7, 11) is 0. The van der Waals surface area contributed by atoms with Crippen molar-refractivity contribution in [2.24, 2.45) is 17.1 Å². The summed E-state index contributed by atoms with van der Waals surface area (Å²) in [5, 5.41) is 3.09. The highest BCUT2D eigenvalue weighted by atomic mass is 16.2. The Hall–Kier alpha value is -0.570. The van der Waals surface area contributed by atoms with Gasteiger partial charge in [-0.25, -0.2) is 0 Å². The molecule has 0 aliphatic carbocycles. The third-order valence-corrected chi connectivity index (χ3v) is 3.10. The zero-order valence-corrected chi connectivity index (χ0v) is 10.8. The maximum Gasteiger partial charge on any atom is 0.225 e. The van der Waals surface area contributed by atoms with Crippen molar-refractivity contribution >= 4 is 5.91 Å². The van der Waals surface area contributed by atoms with Gasteiger partial charge >= 0.3 is 0 Å². The molecule has 1 atom stereocenters. The zero-order valence-electron chi connectivity index (χ0n) is 10.8. The van der Waals surface area contributed by atoms with Crippen molar-refractivity contribution < 1.29 is 4.79 Å². The number of rotatable bonds is 6. The number of hydrogen-bond donors (Lipinski definition) is 2. The second-order valence-electron chi connectivity index (χ2n) is 5.14. The van der Waals surface area contributed by atoms with Gasteiger partial charge in [-0.2, -0.15) is 0 Å². The van der Waals surface area contributed by atoms with E-state index in [-0.39, 0.29) is 17.4 Å². The minimum atomic E-state index is -0.276. The summed E-state index contributed by atoms with van der Waals surface area (Å²) in [5.74, 6) is 0.572. The van der Waals surface area contributed by atoms with Crippen molar-refractivity contribution in [1.29, 1.82) is 0 Å². The molecule has 0 radical (unpaired) electrons. The molecule has 3 N–H and O–H groups in total. The number of hydrogen-bond acceptors (Lipinski definition) is 2.